The van der Waals surface area contributed by atoms with Crippen LogP contribution in [0.15, 0.2) is 67.1 Å². The molecule has 0 saturated carbocycles. The van der Waals surface area contributed by atoms with Crippen LogP contribution in [0.4, 0.5) is 17.1 Å². The van der Waals surface area contributed by atoms with Crippen LogP contribution in [0.5, 0.6) is 0 Å². The molecular formula is C23H25N5O. The van der Waals surface area contributed by atoms with Crippen molar-refractivity contribution in [3.8, 4) is 0 Å². The zero-order valence-corrected chi connectivity index (χ0v) is 16.3. The lowest BCUT2D eigenvalue weighted by Crippen LogP contribution is -2.29. The van der Waals surface area contributed by atoms with Crippen molar-refractivity contribution in [3.05, 3.63) is 78.4 Å². The molecule has 1 aliphatic heterocycles. The fourth-order valence-electron chi connectivity index (χ4n) is 3.44. The molecule has 4 rings (SSSR count). The van der Waals surface area contributed by atoms with Gasteiger partial charge in [0.15, 0.2) is 0 Å². The lowest BCUT2D eigenvalue weighted by molar-refractivity contribution is 0.102. The summed E-state index contributed by atoms with van der Waals surface area (Å²) in [5.41, 5.74) is 4.32. The predicted octanol–water partition coefficient (Wildman–Crippen LogP) is 4.33. The number of carbonyl (C=O) groups excluding carboxylic acids is 1. The topological polar surface area (TPSA) is 70.2 Å². The Kier molecular flexibility index (Phi) is 6.00. The van der Waals surface area contributed by atoms with Crippen LogP contribution in [0, 0.1) is 0 Å². The number of rotatable bonds is 6. The Balaban J connectivity index is 1.32. The molecule has 1 aromatic carbocycles. The third kappa shape index (κ3) is 5.10. The Morgan fingerprint density at radius 3 is 2.41 bits per heavy atom. The fraction of sp³-hybridized carbons (Fsp3) is 0.261. The molecule has 148 valence electrons. The van der Waals surface area contributed by atoms with Crippen LogP contribution in [0.25, 0.3) is 0 Å². The minimum atomic E-state index is -0.213. The van der Waals surface area contributed by atoms with Crippen molar-refractivity contribution in [2.45, 2.75) is 25.8 Å². The zero-order valence-electron chi connectivity index (χ0n) is 16.3. The molecule has 0 unspecified atom stereocenters. The van der Waals surface area contributed by atoms with Gasteiger partial charge in [-0.25, -0.2) is 4.98 Å². The van der Waals surface area contributed by atoms with Crippen LogP contribution < -0.4 is 15.5 Å². The smallest absolute Gasteiger partial charge is 0.274 e. The van der Waals surface area contributed by atoms with E-state index in [9.17, 15) is 4.79 Å². The molecule has 2 N–H and O–H groups in total. The summed E-state index contributed by atoms with van der Waals surface area (Å²) < 4.78 is 0. The van der Waals surface area contributed by atoms with Gasteiger partial charge in [0.1, 0.15) is 5.69 Å². The summed E-state index contributed by atoms with van der Waals surface area (Å²) in [5.74, 6) is -0.213. The highest BCUT2D eigenvalue weighted by atomic mass is 16.1. The van der Waals surface area contributed by atoms with E-state index in [4.69, 9.17) is 0 Å². The molecule has 0 spiro atoms. The minimum absolute atomic E-state index is 0.213. The lowest BCUT2D eigenvalue weighted by atomic mass is 10.1. The second-order valence-electron chi connectivity index (χ2n) is 7.20. The number of hydrogen-bond acceptors (Lipinski definition) is 5. The number of aromatic nitrogens is 2. The predicted molar refractivity (Wildman–Crippen MR) is 116 cm³/mol. The first-order chi connectivity index (χ1) is 14.3. The second-order valence-corrected chi connectivity index (χ2v) is 7.20. The third-order valence-electron chi connectivity index (χ3n) is 5.06. The molecule has 1 aliphatic rings. The van der Waals surface area contributed by atoms with Gasteiger partial charge in [-0.2, -0.15) is 0 Å². The number of carbonyl (C=O) groups is 1. The largest absolute Gasteiger partial charge is 0.380 e. The zero-order chi connectivity index (χ0) is 19.9. The van der Waals surface area contributed by atoms with Crippen molar-refractivity contribution < 1.29 is 4.79 Å². The normalized spacial score (nSPS) is 13.7. The fourth-order valence-corrected chi connectivity index (χ4v) is 3.44. The summed E-state index contributed by atoms with van der Waals surface area (Å²) >= 11 is 0. The van der Waals surface area contributed by atoms with E-state index >= 15 is 0 Å². The van der Waals surface area contributed by atoms with Crippen LogP contribution in [0.3, 0.4) is 0 Å². The van der Waals surface area contributed by atoms with Gasteiger partial charge in [0.2, 0.25) is 0 Å². The van der Waals surface area contributed by atoms with Crippen LogP contribution in [-0.2, 0) is 6.54 Å². The Morgan fingerprint density at radius 2 is 1.72 bits per heavy atom. The molecule has 0 atom stereocenters. The number of hydrogen-bond donors (Lipinski definition) is 2. The summed E-state index contributed by atoms with van der Waals surface area (Å²) in [6.07, 6.45) is 9.05. The Morgan fingerprint density at radius 1 is 0.931 bits per heavy atom. The number of nitrogens with zero attached hydrogens (tertiary/aromatic N) is 3. The van der Waals surface area contributed by atoms with Gasteiger partial charge < -0.3 is 15.5 Å². The minimum Gasteiger partial charge on any atom is -0.380 e. The molecule has 1 saturated heterocycles. The molecule has 1 fully saturated rings. The summed E-state index contributed by atoms with van der Waals surface area (Å²) in [6, 6.07) is 15.5. The third-order valence-corrected chi connectivity index (χ3v) is 5.06. The summed E-state index contributed by atoms with van der Waals surface area (Å²) in [4.78, 5) is 23.2. The lowest BCUT2D eigenvalue weighted by Gasteiger charge is -2.28. The number of anilines is 3. The number of piperidine rings is 1. The molecular weight excluding hydrogens is 362 g/mol. The van der Waals surface area contributed by atoms with Gasteiger partial charge in [-0.3, -0.25) is 9.78 Å². The van der Waals surface area contributed by atoms with Gasteiger partial charge in [-0.05, 0) is 67.3 Å². The maximum atomic E-state index is 12.5. The Hall–Kier alpha value is -3.41. The number of benzene rings is 1. The van der Waals surface area contributed by atoms with Crippen LogP contribution >= 0.6 is 0 Å². The van der Waals surface area contributed by atoms with E-state index in [0.717, 1.165) is 30.0 Å². The molecule has 0 radical (unpaired) electrons. The molecule has 2 aromatic heterocycles. The molecule has 3 aromatic rings. The maximum Gasteiger partial charge on any atom is 0.274 e. The van der Waals surface area contributed by atoms with Crippen molar-refractivity contribution in [1.29, 1.82) is 0 Å². The highest BCUT2D eigenvalue weighted by molar-refractivity contribution is 6.03. The second kappa shape index (κ2) is 9.19. The summed E-state index contributed by atoms with van der Waals surface area (Å²) in [5, 5.41) is 6.19. The van der Waals surface area contributed by atoms with Crippen molar-refractivity contribution in [1.82, 2.24) is 9.97 Å². The average Bonchev–Trinajstić information content (AvgIpc) is 2.80. The van der Waals surface area contributed by atoms with E-state index in [-0.39, 0.29) is 5.91 Å². The standard InChI is InChI=1S/C23H25N5O/c29-23(27-19-6-9-21(10-7-19)28-13-2-1-3-14-28)22-11-8-20(17-26-22)25-16-18-5-4-12-24-15-18/h4-12,15,17,25H,1-3,13-14,16H2,(H,27,29). The van der Waals surface area contributed by atoms with Crippen molar-refractivity contribution in [2.24, 2.45) is 0 Å². The Bertz CT molecular complexity index is 920. The van der Waals surface area contributed by atoms with Gasteiger partial charge in [0.05, 0.1) is 11.9 Å². The molecule has 0 aliphatic carbocycles. The van der Waals surface area contributed by atoms with Crippen LogP contribution in [0.2, 0.25) is 0 Å². The van der Waals surface area contributed by atoms with Crippen LogP contribution in [-0.4, -0.2) is 29.0 Å². The number of amides is 1. The molecule has 6 heteroatoms. The first kappa shape index (κ1) is 18.9. The quantitative estimate of drug-likeness (QED) is 0.659. The van der Waals surface area contributed by atoms with Gasteiger partial charge in [-0.1, -0.05) is 6.07 Å². The van der Waals surface area contributed by atoms with Crippen molar-refractivity contribution in [3.63, 3.8) is 0 Å². The number of nitrogens with one attached hydrogen (secondary N) is 2. The average molecular weight is 387 g/mol. The highest BCUT2D eigenvalue weighted by Crippen LogP contribution is 2.22. The van der Waals surface area contributed by atoms with E-state index in [1.807, 2.05) is 36.5 Å². The van der Waals surface area contributed by atoms with Gasteiger partial charge in [0, 0.05) is 43.4 Å². The van der Waals surface area contributed by atoms with Gasteiger partial charge in [-0.15, -0.1) is 0 Å². The van der Waals surface area contributed by atoms with E-state index in [0.29, 0.717) is 12.2 Å². The van der Waals surface area contributed by atoms with Crippen molar-refractivity contribution >= 4 is 23.0 Å². The van der Waals surface area contributed by atoms with E-state index in [1.165, 1.54) is 24.9 Å². The van der Waals surface area contributed by atoms with E-state index in [1.54, 1.807) is 18.5 Å². The molecule has 1 amide bonds. The molecule has 29 heavy (non-hydrogen) atoms. The van der Waals surface area contributed by atoms with E-state index in [2.05, 4.69) is 37.6 Å². The summed E-state index contributed by atoms with van der Waals surface area (Å²) in [6.45, 7) is 2.87. The molecule has 3 heterocycles. The van der Waals surface area contributed by atoms with Gasteiger partial charge in [0.25, 0.3) is 5.91 Å². The number of pyridine rings is 2. The van der Waals surface area contributed by atoms with Crippen LogP contribution in [0.1, 0.15) is 35.3 Å². The van der Waals surface area contributed by atoms with Crippen molar-refractivity contribution in [2.75, 3.05) is 28.6 Å². The molecule has 0 bridgehead atoms. The summed E-state index contributed by atoms with van der Waals surface area (Å²) in [7, 11) is 0. The monoisotopic (exact) mass is 387 g/mol. The Labute approximate surface area is 171 Å². The maximum absolute atomic E-state index is 12.5. The SMILES string of the molecule is O=C(Nc1ccc(N2CCCCC2)cc1)c1ccc(NCc2cccnc2)cn1. The first-order valence-corrected chi connectivity index (χ1v) is 10.0. The highest BCUT2D eigenvalue weighted by Gasteiger charge is 2.12. The first-order valence-electron chi connectivity index (χ1n) is 10.0. The molecule has 6 nitrogen and oxygen atoms in total. The van der Waals surface area contributed by atoms with Gasteiger partial charge >= 0.3 is 0 Å². The van der Waals surface area contributed by atoms with E-state index < -0.39 is 0 Å².